The van der Waals surface area contributed by atoms with E-state index in [0.717, 1.165) is 29.1 Å². The second-order valence-electron chi connectivity index (χ2n) is 6.67. The van der Waals surface area contributed by atoms with E-state index in [4.69, 9.17) is 0 Å². The van der Waals surface area contributed by atoms with Crippen LogP contribution >= 0.6 is 0 Å². The highest BCUT2D eigenvalue weighted by molar-refractivity contribution is 5.79. The third kappa shape index (κ3) is 4.68. The van der Waals surface area contributed by atoms with Crippen molar-refractivity contribution in [3.05, 3.63) is 52.3 Å². The number of carbonyl (C=O) groups is 1. The third-order valence-corrected chi connectivity index (χ3v) is 3.98. The summed E-state index contributed by atoms with van der Waals surface area (Å²) in [6.45, 7) is 11.9. The van der Waals surface area contributed by atoms with Crippen molar-refractivity contribution in [1.29, 1.82) is 0 Å². The van der Waals surface area contributed by atoms with Crippen molar-refractivity contribution in [2.24, 2.45) is 5.92 Å². The maximum Gasteiger partial charge on any atom is 0.224 e. The lowest BCUT2D eigenvalue weighted by atomic mass is 10.1. The molecule has 0 saturated carbocycles. The maximum atomic E-state index is 12.3. The minimum atomic E-state index is 0.0433. The summed E-state index contributed by atoms with van der Waals surface area (Å²) < 4.78 is 2.02. The standard InChI is InChI=1S/C19H27N3O/c1-13(2)12-22-16(5)18(15(4)21-22)10-19(23)20-11-17-8-6-7-14(3)9-17/h6-9,13H,10-12H2,1-5H3,(H,20,23). The van der Waals surface area contributed by atoms with Gasteiger partial charge in [0.05, 0.1) is 12.1 Å². The van der Waals surface area contributed by atoms with Crippen LogP contribution in [0.1, 0.15) is 41.9 Å². The monoisotopic (exact) mass is 313 g/mol. The van der Waals surface area contributed by atoms with Crippen molar-refractivity contribution in [2.75, 3.05) is 0 Å². The summed E-state index contributed by atoms with van der Waals surface area (Å²) >= 11 is 0. The number of rotatable bonds is 6. The Labute approximate surface area is 138 Å². The molecule has 2 rings (SSSR count). The lowest BCUT2D eigenvalue weighted by molar-refractivity contribution is -0.120. The number of aromatic nitrogens is 2. The Balaban J connectivity index is 1.99. The summed E-state index contributed by atoms with van der Waals surface area (Å²) in [6.07, 6.45) is 0.390. The number of nitrogens with one attached hydrogen (secondary N) is 1. The van der Waals surface area contributed by atoms with Crippen molar-refractivity contribution >= 4 is 5.91 Å². The second kappa shape index (κ2) is 7.44. The molecule has 0 atom stereocenters. The first-order chi connectivity index (χ1) is 10.9. The molecule has 0 spiro atoms. The van der Waals surface area contributed by atoms with Crippen LogP contribution in [0.2, 0.25) is 0 Å². The van der Waals surface area contributed by atoms with Crippen molar-refractivity contribution in [2.45, 2.75) is 54.1 Å². The first kappa shape index (κ1) is 17.3. The van der Waals surface area contributed by atoms with Crippen LogP contribution in [0.4, 0.5) is 0 Å². The Morgan fingerprint density at radius 2 is 2.00 bits per heavy atom. The van der Waals surface area contributed by atoms with Crippen LogP contribution in [0, 0.1) is 26.7 Å². The predicted molar refractivity (Wildman–Crippen MR) is 93.3 cm³/mol. The van der Waals surface area contributed by atoms with Gasteiger partial charge in [-0.05, 0) is 32.3 Å². The Morgan fingerprint density at radius 1 is 1.26 bits per heavy atom. The van der Waals surface area contributed by atoms with Gasteiger partial charge in [0.25, 0.3) is 0 Å². The van der Waals surface area contributed by atoms with Gasteiger partial charge in [-0.3, -0.25) is 9.48 Å². The Bertz CT molecular complexity index is 686. The number of hydrogen-bond acceptors (Lipinski definition) is 2. The number of aryl methyl sites for hydroxylation is 2. The van der Waals surface area contributed by atoms with Gasteiger partial charge in [-0.25, -0.2) is 0 Å². The van der Waals surface area contributed by atoms with Gasteiger partial charge in [-0.15, -0.1) is 0 Å². The topological polar surface area (TPSA) is 46.9 Å². The quantitative estimate of drug-likeness (QED) is 0.889. The fraction of sp³-hybridized carbons (Fsp3) is 0.474. The van der Waals surface area contributed by atoms with Gasteiger partial charge in [-0.2, -0.15) is 5.10 Å². The fourth-order valence-electron chi connectivity index (χ4n) is 2.76. The number of hydrogen-bond donors (Lipinski definition) is 1. The van der Waals surface area contributed by atoms with Gasteiger partial charge in [0, 0.05) is 24.3 Å². The number of amides is 1. The molecule has 4 nitrogen and oxygen atoms in total. The first-order valence-electron chi connectivity index (χ1n) is 8.22. The molecule has 0 radical (unpaired) electrons. The molecular weight excluding hydrogens is 286 g/mol. The summed E-state index contributed by atoms with van der Waals surface area (Å²) in [4.78, 5) is 12.3. The zero-order chi connectivity index (χ0) is 17.0. The van der Waals surface area contributed by atoms with E-state index in [1.54, 1.807) is 0 Å². The highest BCUT2D eigenvalue weighted by Gasteiger charge is 2.15. The molecule has 0 aliphatic rings. The van der Waals surface area contributed by atoms with Crippen LogP contribution in [0.25, 0.3) is 0 Å². The average Bonchev–Trinajstić information content (AvgIpc) is 2.72. The number of benzene rings is 1. The van der Waals surface area contributed by atoms with Crippen LogP contribution in [0.15, 0.2) is 24.3 Å². The second-order valence-corrected chi connectivity index (χ2v) is 6.67. The molecule has 23 heavy (non-hydrogen) atoms. The van der Waals surface area contributed by atoms with Gasteiger partial charge in [0.1, 0.15) is 0 Å². The van der Waals surface area contributed by atoms with Crippen LogP contribution in [-0.2, 0) is 24.3 Å². The summed E-state index contributed by atoms with van der Waals surface area (Å²) in [5.41, 5.74) is 5.43. The first-order valence-corrected chi connectivity index (χ1v) is 8.22. The lowest BCUT2D eigenvalue weighted by Crippen LogP contribution is -2.25. The molecule has 1 N–H and O–H groups in total. The fourth-order valence-corrected chi connectivity index (χ4v) is 2.76. The lowest BCUT2D eigenvalue weighted by Gasteiger charge is -2.09. The van der Waals surface area contributed by atoms with Crippen LogP contribution in [0.3, 0.4) is 0 Å². The molecule has 1 heterocycles. The zero-order valence-electron chi connectivity index (χ0n) is 14.8. The summed E-state index contributed by atoms with van der Waals surface area (Å²) in [7, 11) is 0. The SMILES string of the molecule is Cc1cccc(CNC(=O)Cc2c(C)nn(CC(C)C)c2C)c1. The molecule has 1 amide bonds. The van der Waals surface area contributed by atoms with Crippen molar-refractivity contribution < 1.29 is 4.79 Å². The van der Waals surface area contributed by atoms with E-state index in [9.17, 15) is 4.79 Å². The summed E-state index contributed by atoms with van der Waals surface area (Å²) in [5, 5.41) is 7.57. The molecular formula is C19H27N3O. The molecule has 0 unspecified atom stereocenters. The Kier molecular flexibility index (Phi) is 5.59. The molecule has 4 heteroatoms. The molecule has 1 aromatic carbocycles. The minimum Gasteiger partial charge on any atom is -0.352 e. The van der Waals surface area contributed by atoms with Crippen LogP contribution in [0.5, 0.6) is 0 Å². The van der Waals surface area contributed by atoms with Crippen molar-refractivity contribution in [3.63, 3.8) is 0 Å². The molecule has 124 valence electrons. The highest BCUT2D eigenvalue weighted by Crippen LogP contribution is 2.15. The minimum absolute atomic E-state index is 0.0433. The van der Waals surface area contributed by atoms with E-state index in [2.05, 4.69) is 43.3 Å². The Hall–Kier alpha value is -2.10. The van der Waals surface area contributed by atoms with Gasteiger partial charge in [0.15, 0.2) is 0 Å². The largest absolute Gasteiger partial charge is 0.352 e. The van der Waals surface area contributed by atoms with Crippen molar-refractivity contribution in [1.82, 2.24) is 15.1 Å². The predicted octanol–water partition coefficient (Wildman–Crippen LogP) is 3.32. The van der Waals surface area contributed by atoms with E-state index in [1.165, 1.54) is 5.56 Å². The van der Waals surface area contributed by atoms with Gasteiger partial charge < -0.3 is 5.32 Å². The molecule has 0 saturated heterocycles. The molecule has 2 aromatic rings. The van der Waals surface area contributed by atoms with Gasteiger partial charge in [-0.1, -0.05) is 43.7 Å². The van der Waals surface area contributed by atoms with E-state index in [-0.39, 0.29) is 5.91 Å². The molecule has 1 aromatic heterocycles. The molecule has 0 fully saturated rings. The van der Waals surface area contributed by atoms with Crippen LogP contribution < -0.4 is 5.32 Å². The van der Waals surface area contributed by atoms with Gasteiger partial charge in [0.2, 0.25) is 5.91 Å². The van der Waals surface area contributed by atoms with E-state index >= 15 is 0 Å². The third-order valence-electron chi connectivity index (χ3n) is 3.98. The van der Waals surface area contributed by atoms with Crippen LogP contribution in [-0.4, -0.2) is 15.7 Å². The molecule has 0 aliphatic heterocycles. The number of carbonyl (C=O) groups excluding carboxylic acids is 1. The van der Waals surface area contributed by atoms with Gasteiger partial charge >= 0.3 is 0 Å². The summed E-state index contributed by atoms with van der Waals surface area (Å²) in [6, 6.07) is 8.20. The zero-order valence-corrected chi connectivity index (χ0v) is 14.8. The maximum absolute atomic E-state index is 12.3. The summed E-state index contributed by atoms with van der Waals surface area (Å²) in [5.74, 6) is 0.581. The van der Waals surface area contributed by atoms with Crippen molar-refractivity contribution in [3.8, 4) is 0 Å². The Morgan fingerprint density at radius 3 is 2.65 bits per heavy atom. The smallest absolute Gasteiger partial charge is 0.224 e. The van der Waals surface area contributed by atoms with E-state index in [1.807, 2.05) is 30.7 Å². The van der Waals surface area contributed by atoms with E-state index < -0.39 is 0 Å². The average molecular weight is 313 g/mol. The number of nitrogens with zero attached hydrogens (tertiary/aromatic N) is 2. The molecule has 0 bridgehead atoms. The van der Waals surface area contributed by atoms with E-state index in [0.29, 0.717) is 18.9 Å². The highest BCUT2D eigenvalue weighted by atomic mass is 16.1. The molecule has 0 aliphatic carbocycles. The normalized spacial score (nSPS) is 11.0.